The molecule has 0 N–H and O–H groups in total. The van der Waals surface area contributed by atoms with Crippen LogP contribution in [0.2, 0.25) is 0 Å². The topological polar surface area (TPSA) is 21.7 Å². The number of nitrogens with zero attached hydrogens (tertiary/aromatic N) is 1. The smallest absolute Gasteiger partial charge is 0.139 e. The first-order chi connectivity index (χ1) is 58.4. The third-order valence-electron chi connectivity index (χ3n) is 23.4. The van der Waals surface area contributed by atoms with Crippen molar-refractivity contribution in [3.63, 3.8) is 0 Å². The van der Waals surface area contributed by atoms with Crippen LogP contribution in [0.1, 0.15) is 61.1 Å². The molecule has 0 unspecified atom stereocenters. The summed E-state index contributed by atoms with van der Waals surface area (Å²) in [6, 6.07) is 160. The van der Waals surface area contributed by atoms with Gasteiger partial charge in [0.15, 0.2) is 0 Å². The molecule has 0 radical (unpaired) electrons. The van der Waals surface area contributed by atoms with Gasteiger partial charge in [-0.05, 0) is 178 Å². The number of rotatable bonds is 15. The molecule has 18 aromatic rings. The Balaban J connectivity index is 0.000000137. The first kappa shape index (κ1) is 76.2. The van der Waals surface area contributed by atoms with Crippen LogP contribution in [0.15, 0.2) is 453 Å². The minimum Gasteiger partial charge on any atom is -0.456 e. The molecule has 0 fully saturated rings. The van der Waals surface area contributed by atoms with Crippen LogP contribution in [0.25, 0.3) is 111 Å². The number of fused-ring (bicyclic) bond motifs is 4. The molecule has 4 heteroatoms. The van der Waals surface area contributed by atoms with Gasteiger partial charge in [-0.1, -0.05) is 432 Å². The summed E-state index contributed by atoms with van der Waals surface area (Å²) in [5.41, 5.74) is 34.6. The second-order valence-electron chi connectivity index (χ2n) is 31.6. The van der Waals surface area contributed by atoms with Gasteiger partial charge in [0.1, 0.15) is 23.0 Å². The minimum absolute atomic E-state index is 0.0739. The zero-order valence-electron chi connectivity index (χ0n) is 67.1. The SMILES string of the molecule is CC1(C)c2ccccc2Oc2c(-c3ccc(Br)cc3)cccc21.CC1(C)c2ccccc2Oc2c(-c3ccc(N(c4ccc(-c5ccc(-c6ccccc6)cc5)cc4)c4ccc(-c5ccc(-c6ccccc6)cc5)cc4)cc3)cccc21.c1ccc(-c2ccc(-c3ccc(Cc4ccc(-c5ccc(-c6ccccc6)cc5)cc4)cc3)cc2)cc1. The second-order valence-corrected chi connectivity index (χ2v) is 32.6. The van der Waals surface area contributed by atoms with E-state index in [1.54, 1.807) is 0 Å². The molecule has 2 aliphatic heterocycles. The van der Waals surface area contributed by atoms with Gasteiger partial charge >= 0.3 is 0 Å². The monoisotopic (exact) mass is 1590 g/mol. The summed E-state index contributed by atoms with van der Waals surface area (Å²) >= 11 is 3.50. The average molecular weight is 1600 g/mol. The molecule has 0 bridgehead atoms. The van der Waals surface area contributed by atoms with Crippen molar-refractivity contribution < 1.29 is 9.47 Å². The van der Waals surface area contributed by atoms with Gasteiger partial charge in [0, 0.05) is 65.7 Å². The predicted molar refractivity (Wildman–Crippen MR) is 503 cm³/mol. The standard InChI is InChI=1S/C57H43NO.C37H28.C21H17BrO/c1-57(2)53-17-9-10-19-55(53)59-56-52(16-11-18-54(56)57)48-32-38-51(39-33-48)58(49-34-28-46(29-35-49)44-24-20-42(21-25-44)40-12-5-3-6-13-40)50-36-30-47(31-37-50)45-26-22-43(23-27-45)41-14-7-4-8-15-41;1-3-7-30(8-4-1)34-19-23-36(24-20-34)32-15-11-28(12-16-32)27-29-13-17-33(18-14-29)37-25-21-35(22-26-37)31-9-5-2-6-10-31;1-21(2)17-7-3-4-9-19(17)23-20-16(6-5-8-18(20)21)14-10-12-15(22)13-11-14/h3-39H,1-2H3;1-26H,27H2;3-13H,1-2H3. The van der Waals surface area contributed by atoms with E-state index in [1.165, 1.54) is 128 Å². The number of para-hydroxylation sites is 4. The second kappa shape index (κ2) is 34.0. The van der Waals surface area contributed by atoms with Gasteiger partial charge in [-0.25, -0.2) is 0 Å². The number of hydrogen-bond acceptors (Lipinski definition) is 3. The molecule has 572 valence electrons. The Morgan fingerprint density at radius 2 is 0.412 bits per heavy atom. The van der Waals surface area contributed by atoms with E-state index in [1.807, 2.05) is 12.1 Å². The molecular formula is C115H88BrNO2. The maximum atomic E-state index is 6.66. The zero-order valence-corrected chi connectivity index (χ0v) is 68.7. The van der Waals surface area contributed by atoms with E-state index < -0.39 is 0 Å². The molecule has 3 nitrogen and oxygen atoms in total. The number of hydrogen-bond donors (Lipinski definition) is 0. The quantitative estimate of drug-likeness (QED) is 0.102. The first-order valence-electron chi connectivity index (χ1n) is 40.9. The lowest BCUT2D eigenvalue weighted by atomic mass is 9.75. The fourth-order valence-electron chi connectivity index (χ4n) is 16.7. The van der Waals surface area contributed by atoms with Crippen molar-refractivity contribution in [2.45, 2.75) is 44.9 Å². The summed E-state index contributed by atoms with van der Waals surface area (Å²) in [4.78, 5) is 2.34. The van der Waals surface area contributed by atoms with Crippen LogP contribution in [0.3, 0.4) is 0 Å². The molecule has 0 aromatic heterocycles. The Bertz CT molecular complexity index is 6240. The maximum Gasteiger partial charge on any atom is 0.139 e. The van der Waals surface area contributed by atoms with Crippen molar-refractivity contribution in [1.29, 1.82) is 0 Å². The Morgan fingerprint density at radius 1 is 0.202 bits per heavy atom. The molecule has 18 aromatic carbocycles. The van der Waals surface area contributed by atoms with E-state index >= 15 is 0 Å². The summed E-state index contributed by atoms with van der Waals surface area (Å²) in [5.74, 6) is 3.78. The van der Waals surface area contributed by atoms with Gasteiger partial charge in [0.05, 0.1) is 0 Å². The van der Waals surface area contributed by atoms with E-state index in [0.29, 0.717) is 0 Å². The Labute approximate surface area is 708 Å². The molecule has 119 heavy (non-hydrogen) atoms. The van der Waals surface area contributed by atoms with Crippen LogP contribution in [0.4, 0.5) is 17.1 Å². The van der Waals surface area contributed by atoms with Crippen molar-refractivity contribution in [3.8, 4) is 134 Å². The van der Waals surface area contributed by atoms with Crippen LogP contribution < -0.4 is 14.4 Å². The average Bonchev–Trinajstić information content (AvgIpc) is 0.636. The molecule has 0 spiro atoms. The van der Waals surface area contributed by atoms with Crippen LogP contribution in [-0.2, 0) is 17.3 Å². The van der Waals surface area contributed by atoms with Crippen molar-refractivity contribution >= 4 is 33.0 Å². The number of ether oxygens (including phenoxy) is 2. The van der Waals surface area contributed by atoms with Crippen molar-refractivity contribution in [3.05, 3.63) is 487 Å². The van der Waals surface area contributed by atoms with E-state index in [4.69, 9.17) is 9.47 Å². The van der Waals surface area contributed by atoms with Gasteiger partial charge in [0.25, 0.3) is 0 Å². The number of halogens is 1. The third-order valence-corrected chi connectivity index (χ3v) is 23.9. The maximum absolute atomic E-state index is 6.66. The van der Waals surface area contributed by atoms with Crippen LogP contribution in [0, 0.1) is 0 Å². The summed E-state index contributed by atoms with van der Waals surface area (Å²) in [7, 11) is 0. The molecule has 0 aliphatic carbocycles. The third kappa shape index (κ3) is 16.5. The van der Waals surface area contributed by atoms with Gasteiger partial charge in [-0.15, -0.1) is 0 Å². The Hall–Kier alpha value is -14.2. The lowest BCUT2D eigenvalue weighted by molar-refractivity contribution is 0.419. The van der Waals surface area contributed by atoms with Gasteiger partial charge < -0.3 is 14.4 Å². The van der Waals surface area contributed by atoms with E-state index in [2.05, 4.69) is 485 Å². The first-order valence-corrected chi connectivity index (χ1v) is 41.7. The lowest BCUT2D eigenvalue weighted by Crippen LogP contribution is -2.24. The number of anilines is 3. The summed E-state index contributed by atoms with van der Waals surface area (Å²) in [6.45, 7) is 9.10. The fourth-order valence-corrected chi connectivity index (χ4v) is 16.9. The molecule has 0 saturated heterocycles. The van der Waals surface area contributed by atoms with E-state index in [9.17, 15) is 0 Å². The van der Waals surface area contributed by atoms with Gasteiger partial charge in [-0.2, -0.15) is 0 Å². The Morgan fingerprint density at radius 3 is 0.689 bits per heavy atom. The Kier molecular flexibility index (Phi) is 21.7. The van der Waals surface area contributed by atoms with Crippen molar-refractivity contribution in [1.82, 2.24) is 0 Å². The largest absolute Gasteiger partial charge is 0.456 e. The van der Waals surface area contributed by atoms with E-state index in [0.717, 1.165) is 67.6 Å². The lowest BCUT2D eigenvalue weighted by Gasteiger charge is -2.35. The summed E-state index contributed by atoms with van der Waals surface area (Å²) < 4.78 is 14.1. The number of benzene rings is 18. The molecule has 2 aliphatic rings. The molecule has 20 rings (SSSR count). The highest BCUT2D eigenvalue weighted by atomic mass is 79.9. The molecule has 0 saturated carbocycles. The highest BCUT2D eigenvalue weighted by molar-refractivity contribution is 9.10. The molecule has 0 atom stereocenters. The molecule has 0 amide bonds. The van der Waals surface area contributed by atoms with Gasteiger partial charge in [-0.3, -0.25) is 0 Å². The molecule has 2 heterocycles. The highest BCUT2D eigenvalue weighted by Gasteiger charge is 2.37. The van der Waals surface area contributed by atoms with Crippen molar-refractivity contribution in [2.24, 2.45) is 0 Å². The summed E-state index contributed by atoms with van der Waals surface area (Å²) in [6.07, 6.45) is 0.931. The predicted octanol–water partition coefficient (Wildman–Crippen LogP) is 32.4. The minimum atomic E-state index is -0.177. The normalized spacial score (nSPS) is 12.4. The fraction of sp³-hybridized carbons (Fsp3) is 0.0609. The molecular weight excluding hydrogens is 1510 g/mol. The van der Waals surface area contributed by atoms with Crippen molar-refractivity contribution in [2.75, 3.05) is 4.90 Å². The van der Waals surface area contributed by atoms with E-state index in [-0.39, 0.29) is 10.8 Å². The zero-order chi connectivity index (χ0) is 80.7. The van der Waals surface area contributed by atoms with Crippen LogP contribution in [-0.4, -0.2) is 0 Å². The summed E-state index contributed by atoms with van der Waals surface area (Å²) in [5, 5.41) is 0. The van der Waals surface area contributed by atoms with Crippen LogP contribution in [0.5, 0.6) is 23.0 Å². The van der Waals surface area contributed by atoms with Crippen LogP contribution >= 0.6 is 15.9 Å². The highest BCUT2D eigenvalue weighted by Crippen LogP contribution is 2.53. The van der Waals surface area contributed by atoms with Gasteiger partial charge in [0.2, 0.25) is 0 Å².